The van der Waals surface area contributed by atoms with E-state index in [-0.39, 0.29) is 23.7 Å². The number of ether oxygens (including phenoxy) is 1. The highest BCUT2D eigenvalue weighted by Crippen LogP contribution is 2.39. The van der Waals surface area contributed by atoms with Crippen LogP contribution in [0.1, 0.15) is 43.4 Å². The highest BCUT2D eigenvalue weighted by molar-refractivity contribution is 5.48. The number of aromatic hydroxyl groups is 2. The largest absolute Gasteiger partial charge is 0.508 e. The van der Waals surface area contributed by atoms with Crippen molar-refractivity contribution in [2.75, 3.05) is 6.54 Å². The van der Waals surface area contributed by atoms with E-state index in [2.05, 4.69) is 6.92 Å². The summed E-state index contributed by atoms with van der Waals surface area (Å²) in [6.07, 6.45) is 3.83. The monoisotopic (exact) mass is 251 g/mol. The van der Waals surface area contributed by atoms with Gasteiger partial charge in [0, 0.05) is 18.2 Å². The summed E-state index contributed by atoms with van der Waals surface area (Å²) in [5, 5.41) is 19.5. The Morgan fingerprint density at radius 1 is 1.39 bits per heavy atom. The number of rotatable bonds is 4. The third-order valence-electron chi connectivity index (χ3n) is 3.45. The lowest BCUT2D eigenvalue weighted by Crippen LogP contribution is -2.30. The van der Waals surface area contributed by atoms with Gasteiger partial charge in [-0.05, 0) is 24.5 Å². The first-order chi connectivity index (χ1) is 8.65. The van der Waals surface area contributed by atoms with E-state index in [1.165, 1.54) is 6.07 Å². The van der Waals surface area contributed by atoms with Gasteiger partial charge in [-0.15, -0.1) is 0 Å². The van der Waals surface area contributed by atoms with Gasteiger partial charge in [-0.25, -0.2) is 0 Å². The van der Waals surface area contributed by atoms with Crippen molar-refractivity contribution in [1.82, 2.24) is 0 Å². The molecule has 0 amide bonds. The van der Waals surface area contributed by atoms with Gasteiger partial charge in [-0.1, -0.05) is 19.8 Å². The molecule has 0 fully saturated rings. The molecule has 1 heterocycles. The summed E-state index contributed by atoms with van der Waals surface area (Å²) in [5.41, 5.74) is 7.41. The third-order valence-corrected chi connectivity index (χ3v) is 3.45. The van der Waals surface area contributed by atoms with E-state index in [9.17, 15) is 10.2 Å². The molecule has 1 aliphatic rings. The van der Waals surface area contributed by atoms with Crippen molar-refractivity contribution in [1.29, 1.82) is 0 Å². The SMILES string of the molecule is CCCC[C@@H]1Cc2cc(O)cc(O)c2[C@H](CN)O1. The smallest absolute Gasteiger partial charge is 0.125 e. The highest BCUT2D eigenvalue weighted by Gasteiger charge is 2.29. The quantitative estimate of drug-likeness (QED) is 0.767. The van der Waals surface area contributed by atoms with E-state index >= 15 is 0 Å². The van der Waals surface area contributed by atoms with E-state index in [0.717, 1.165) is 36.8 Å². The lowest BCUT2D eigenvalue weighted by Gasteiger charge is -2.32. The fourth-order valence-electron chi connectivity index (χ4n) is 2.59. The molecule has 0 aromatic heterocycles. The zero-order valence-electron chi connectivity index (χ0n) is 10.7. The fraction of sp³-hybridized carbons (Fsp3) is 0.571. The van der Waals surface area contributed by atoms with Crippen LogP contribution < -0.4 is 5.73 Å². The van der Waals surface area contributed by atoms with Gasteiger partial charge < -0.3 is 20.7 Å². The number of hydrogen-bond donors (Lipinski definition) is 3. The minimum absolute atomic E-state index is 0.0781. The molecule has 0 bridgehead atoms. The molecule has 4 N–H and O–H groups in total. The summed E-state index contributed by atoms with van der Waals surface area (Å²) < 4.78 is 5.92. The Kier molecular flexibility index (Phi) is 4.09. The topological polar surface area (TPSA) is 75.7 Å². The first-order valence-electron chi connectivity index (χ1n) is 6.56. The van der Waals surface area contributed by atoms with Crippen molar-refractivity contribution in [3.8, 4) is 11.5 Å². The second kappa shape index (κ2) is 5.59. The van der Waals surface area contributed by atoms with Crippen LogP contribution in [0.4, 0.5) is 0 Å². The molecule has 2 atom stereocenters. The van der Waals surface area contributed by atoms with Crippen LogP contribution in [0.3, 0.4) is 0 Å². The van der Waals surface area contributed by atoms with Crippen molar-refractivity contribution in [3.05, 3.63) is 23.3 Å². The van der Waals surface area contributed by atoms with Gasteiger partial charge in [0.05, 0.1) is 12.2 Å². The van der Waals surface area contributed by atoms with E-state index in [1.807, 2.05) is 0 Å². The number of phenols is 2. The maximum atomic E-state index is 9.91. The second-order valence-electron chi connectivity index (χ2n) is 4.87. The Balaban J connectivity index is 2.27. The first-order valence-corrected chi connectivity index (χ1v) is 6.56. The Bertz CT molecular complexity index is 420. The molecule has 0 saturated heterocycles. The Morgan fingerprint density at radius 3 is 2.83 bits per heavy atom. The van der Waals surface area contributed by atoms with Gasteiger partial charge in [0.2, 0.25) is 0 Å². The van der Waals surface area contributed by atoms with Gasteiger partial charge in [-0.3, -0.25) is 0 Å². The van der Waals surface area contributed by atoms with Gasteiger partial charge in [-0.2, -0.15) is 0 Å². The van der Waals surface area contributed by atoms with Gasteiger partial charge in [0.1, 0.15) is 11.5 Å². The number of hydrogen-bond acceptors (Lipinski definition) is 4. The first kappa shape index (κ1) is 13.2. The van der Waals surface area contributed by atoms with E-state index < -0.39 is 0 Å². The second-order valence-corrected chi connectivity index (χ2v) is 4.87. The molecule has 0 aliphatic carbocycles. The number of benzene rings is 1. The molecule has 2 rings (SSSR count). The number of phenolic OH excluding ortho intramolecular Hbond substituents is 2. The van der Waals surface area contributed by atoms with Gasteiger partial charge in [0.15, 0.2) is 0 Å². The van der Waals surface area contributed by atoms with Crippen molar-refractivity contribution < 1.29 is 14.9 Å². The maximum Gasteiger partial charge on any atom is 0.125 e. The van der Waals surface area contributed by atoms with Crippen LogP contribution in [0.15, 0.2) is 12.1 Å². The minimum Gasteiger partial charge on any atom is -0.508 e. The minimum atomic E-state index is -0.267. The molecular weight excluding hydrogens is 230 g/mol. The standard InChI is InChI=1S/C14H21NO3/c1-2-3-4-11-6-9-5-10(16)7-12(17)14(9)13(8-15)18-11/h5,7,11,13,16-17H,2-4,6,8,15H2,1H3/t11-,13+/m1/s1. The summed E-state index contributed by atoms with van der Waals surface area (Å²) in [4.78, 5) is 0. The predicted molar refractivity (Wildman–Crippen MR) is 69.7 cm³/mol. The van der Waals surface area contributed by atoms with Crippen molar-refractivity contribution in [2.24, 2.45) is 5.73 Å². The van der Waals surface area contributed by atoms with Crippen molar-refractivity contribution in [2.45, 2.75) is 44.8 Å². The molecule has 100 valence electrons. The molecule has 1 aromatic carbocycles. The molecule has 18 heavy (non-hydrogen) atoms. The molecule has 0 radical (unpaired) electrons. The Morgan fingerprint density at radius 2 is 2.17 bits per heavy atom. The molecule has 0 saturated carbocycles. The highest BCUT2D eigenvalue weighted by atomic mass is 16.5. The van der Waals surface area contributed by atoms with E-state index in [0.29, 0.717) is 6.54 Å². The summed E-state index contributed by atoms with van der Waals surface area (Å²) in [7, 11) is 0. The van der Waals surface area contributed by atoms with Crippen LogP contribution in [0.25, 0.3) is 0 Å². The van der Waals surface area contributed by atoms with Crippen LogP contribution in [-0.2, 0) is 11.2 Å². The number of nitrogens with two attached hydrogens (primary N) is 1. The normalized spacial score (nSPS) is 22.8. The molecular formula is C14H21NO3. The molecule has 1 aliphatic heterocycles. The predicted octanol–water partition coefficient (Wildman–Crippen LogP) is 2.23. The van der Waals surface area contributed by atoms with Crippen molar-refractivity contribution >= 4 is 0 Å². The molecule has 4 heteroatoms. The summed E-state index contributed by atoms with van der Waals surface area (Å²) in [5.74, 6) is 0.174. The summed E-state index contributed by atoms with van der Waals surface area (Å²) >= 11 is 0. The van der Waals surface area contributed by atoms with Gasteiger partial charge in [0.25, 0.3) is 0 Å². The number of unbranched alkanes of at least 4 members (excludes halogenated alkanes) is 1. The third kappa shape index (κ3) is 2.60. The number of fused-ring (bicyclic) bond motifs is 1. The van der Waals surface area contributed by atoms with Crippen LogP contribution >= 0.6 is 0 Å². The average molecular weight is 251 g/mol. The molecule has 0 spiro atoms. The summed E-state index contributed by atoms with van der Waals surface area (Å²) in [6, 6.07) is 3.05. The van der Waals surface area contributed by atoms with Crippen molar-refractivity contribution in [3.63, 3.8) is 0 Å². The van der Waals surface area contributed by atoms with Crippen LogP contribution in [0, 0.1) is 0 Å². The van der Waals surface area contributed by atoms with Gasteiger partial charge >= 0.3 is 0 Å². The lowest BCUT2D eigenvalue weighted by atomic mass is 9.91. The lowest BCUT2D eigenvalue weighted by molar-refractivity contribution is -0.0267. The Labute approximate surface area is 107 Å². The fourth-order valence-corrected chi connectivity index (χ4v) is 2.59. The van der Waals surface area contributed by atoms with E-state index in [4.69, 9.17) is 10.5 Å². The molecule has 4 nitrogen and oxygen atoms in total. The zero-order valence-corrected chi connectivity index (χ0v) is 10.7. The average Bonchev–Trinajstić information content (AvgIpc) is 2.34. The summed E-state index contributed by atoms with van der Waals surface area (Å²) in [6.45, 7) is 2.49. The zero-order chi connectivity index (χ0) is 13.1. The van der Waals surface area contributed by atoms with Crippen LogP contribution in [0.5, 0.6) is 11.5 Å². The van der Waals surface area contributed by atoms with Crippen LogP contribution in [0.2, 0.25) is 0 Å². The van der Waals surface area contributed by atoms with Crippen LogP contribution in [-0.4, -0.2) is 22.9 Å². The maximum absolute atomic E-state index is 9.91. The van der Waals surface area contributed by atoms with E-state index in [1.54, 1.807) is 6.07 Å². The molecule has 0 unspecified atom stereocenters. The molecule has 1 aromatic rings. The Hall–Kier alpha value is -1.26.